The third-order valence-electron chi connectivity index (χ3n) is 8.90. The first-order chi connectivity index (χ1) is 22.8. The Balaban J connectivity index is 1.27. The van der Waals surface area contributed by atoms with Crippen LogP contribution >= 0.6 is 0 Å². The first-order valence-electron chi connectivity index (χ1n) is 15.5. The smallest absolute Gasteiger partial charge is 0.227 e. The SMILES string of the molecule is c1ccc(-c2ccc(N(c3cccc(-c4cccc5ccccc45)c3)c3cccc4cc5oc6ncccc6c5cc34)cc2)cc1. The van der Waals surface area contributed by atoms with Crippen molar-refractivity contribution in [2.45, 2.75) is 0 Å². The zero-order valence-electron chi connectivity index (χ0n) is 25.0. The van der Waals surface area contributed by atoms with Crippen molar-refractivity contribution in [1.29, 1.82) is 0 Å². The van der Waals surface area contributed by atoms with Crippen molar-refractivity contribution in [2.75, 3.05) is 4.90 Å². The molecule has 0 amide bonds. The normalized spacial score (nSPS) is 11.5. The number of hydrogen-bond acceptors (Lipinski definition) is 3. The number of fused-ring (bicyclic) bond motifs is 5. The van der Waals surface area contributed by atoms with Gasteiger partial charge in [0.1, 0.15) is 5.58 Å². The maximum atomic E-state index is 6.16. The first-order valence-corrected chi connectivity index (χ1v) is 15.5. The summed E-state index contributed by atoms with van der Waals surface area (Å²) in [6.07, 6.45) is 1.78. The van der Waals surface area contributed by atoms with E-state index in [1.54, 1.807) is 6.20 Å². The Morgan fingerprint density at radius 1 is 0.435 bits per heavy atom. The zero-order valence-corrected chi connectivity index (χ0v) is 25.0. The molecule has 3 nitrogen and oxygen atoms in total. The fraction of sp³-hybridized carbons (Fsp3) is 0. The van der Waals surface area contributed by atoms with Gasteiger partial charge in [-0.2, -0.15) is 0 Å². The van der Waals surface area contributed by atoms with Gasteiger partial charge in [-0.1, -0.05) is 109 Å². The fourth-order valence-corrected chi connectivity index (χ4v) is 6.71. The quantitative estimate of drug-likeness (QED) is 0.200. The van der Waals surface area contributed by atoms with Gasteiger partial charge in [0.05, 0.1) is 5.69 Å². The number of furan rings is 1. The van der Waals surface area contributed by atoms with Crippen LogP contribution in [0.5, 0.6) is 0 Å². The molecule has 0 saturated heterocycles. The summed E-state index contributed by atoms with van der Waals surface area (Å²) in [6, 6.07) is 58.3. The van der Waals surface area contributed by atoms with Gasteiger partial charge in [0.25, 0.3) is 0 Å². The molecule has 0 radical (unpaired) electrons. The molecule has 9 aromatic rings. The van der Waals surface area contributed by atoms with Crippen LogP contribution in [0.2, 0.25) is 0 Å². The van der Waals surface area contributed by atoms with Gasteiger partial charge >= 0.3 is 0 Å². The van der Waals surface area contributed by atoms with Crippen LogP contribution in [0.25, 0.3) is 65.9 Å². The molecule has 0 fully saturated rings. The molecule has 0 saturated carbocycles. The third kappa shape index (κ3) is 4.41. The molecule has 3 heteroatoms. The van der Waals surface area contributed by atoms with E-state index in [1.807, 2.05) is 6.07 Å². The van der Waals surface area contributed by atoms with Crippen LogP contribution in [-0.2, 0) is 0 Å². The van der Waals surface area contributed by atoms with Crippen LogP contribution in [0.15, 0.2) is 174 Å². The molecule has 7 aromatic carbocycles. The number of hydrogen-bond donors (Lipinski definition) is 0. The minimum absolute atomic E-state index is 0.658. The summed E-state index contributed by atoms with van der Waals surface area (Å²) >= 11 is 0. The molecule has 0 unspecified atom stereocenters. The summed E-state index contributed by atoms with van der Waals surface area (Å²) in [6.45, 7) is 0. The van der Waals surface area contributed by atoms with E-state index in [0.29, 0.717) is 5.71 Å². The molecule has 216 valence electrons. The first kappa shape index (κ1) is 26.2. The number of rotatable bonds is 5. The van der Waals surface area contributed by atoms with Crippen molar-refractivity contribution in [1.82, 2.24) is 4.98 Å². The molecule has 0 aliphatic heterocycles. The van der Waals surface area contributed by atoms with Gasteiger partial charge in [-0.25, -0.2) is 4.98 Å². The Bertz CT molecular complexity index is 2530. The predicted octanol–water partition coefficient (Wildman–Crippen LogP) is 12.1. The largest absolute Gasteiger partial charge is 0.438 e. The molecule has 2 heterocycles. The predicted molar refractivity (Wildman–Crippen MR) is 192 cm³/mol. The van der Waals surface area contributed by atoms with Crippen LogP contribution in [0.1, 0.15) is 0 Å². The van der Waals surface area contributed by atoms with Crippen molar-refractivity contribution in [3.05, 3.63) is 170 Å². The second-order valence-corrected chi connectivity index (χ2v) is 11.6. The van der Waals surface area contributed by atoms with Gasteiger partial charge in [0.15, 0.2) is 0 Å². The summed E-state index contributed by atoms with van der Waals surface area (Å²) in [5.41, 5.74) is 9.55. The molecule has 9 rings (SSSR count). The zero-order chi connectivity index (χ0) is 30.5. The van der Waals surface area contributed by atoms with E-state index in [0.717, 1.165) is 44.2 Å². The van der Waals surface area contributed by atoms with Gasteiger partial charge in [-0.3, -0.25) is 0 Å². The van der Waals surface area contributed by atoms with E-state index in [1.165, 1.54) is 33.0 Å². The average Bonchev–Trinajstić information content (AvgIpc) is 3.49. The number of aromatic nitrogens is 1. The van der Waals surface area contributed by atoms with E-state index in [4.69, 9.17) is 4.42 Å². The third-order valence-corrected chi connectivity index (χ3v) is 8.90. The molecule has 0 spiro atoms. The highest BCUT2D eigenvalue weighted by Gasteiger charge is 2.18. The highest BCUT2D eigenvalue weighted by molar-refractivity contribution is 6.12. The summed E-state index contributed by atoms with van der Waals surface area (Å²) in [5.74, 6) is 0. The number of nitrogens with zero attached hydrogens (tertiary/aromatic N) is 2. The van der Waals surface area contributed by atoms with E-state index >= 15 is 0 Å². The molecule has 0 bridgehead atoms. The summed E-state index contributed by atoms with van der Waals surface area (Å²) < 4.78 is 6.16. The van der Waals surface area contributed by atoms with E-state index in [-0.39, 0.29) is 0 Å². The Morgan fingerprint density at radius 3 is 2.07 bits per heavy atom. The summed E-state index contributed by atoms with van der Waals surface area (Å²) in [7, 11) is 0. The topological polar surface area (TPSA) is 29.3 Å². The minimum Gasteiger partial charge on any atom is -0.438 e. The van der Waals surface area contributed by atoms with Crippen molar-refractivity contribution in [2.24, 2.45) is 0 Å². The van der Waals surface area contributed by atoms with E-state index in [2.05, 4.69) is 168 Å². The van der Waals surface area contributed by atoms with E-state index < -0.39 is 0 Å². The van der Waals surface area contributed by atoms with Crippen LogP contribution in [0.3, 0.4) is 0 Å². The molecule has 2 aromatic heterocycles. The van der Waals surface area contributed by atoms with Gasteiger partial charge in [-0.05, 0) is 93.0 Å². The highest BCUT2D eigenvalue weighted by Crippen LogP contribution is 2.43. The Hall–Kier alpha value is -6.19. The van der Waals surface area contributed by atoms with Gasteiger partial charge in [-0.15, -0.1) is 0 Å². The standard InChI is InChI=1S/C43H28N2O/c1-2-10-29(11-3-1)30-21-23-34(24-22-30)45(35-16-6-14-32(26-35)37-18-7-13-31-12-4-5-17-36(31)37)41-20-8-15-33-27-42-40(28-39(33)41)38-19-9-25-44-43(38)46-42/h1-28H. The van der Waals surface area contributed by atoms with Gasteiger partial charge in [0.2, 0.25) is 5.71 Å². The lowest BCUT2D eigenvalue weighted by Crippen LogP contribution is -2.10. The highest BCUT2D eigenvalue weighted by atomic mass is 16.3. The van der Waals surface area contributed by atoms with Crippen molar-refractivity contribution >= 4 is 60.7 Å². The molecule has 0 aliphatic carbocycles. The molecule has 0 aliphatic rings. The maximum absolute atomic E-state index is 6.16. The number of anilines is 3. The maximum Gasteiger partial charge on any atom is 0.227 e. The van der Waals surface area contributed by atoms with Crippen LogP contribution < -0.4 is 4.90 Å². The van der Waals surface area contributed by atoms with Crippen LogP contribution in [-0.4, -0.2) is 4.98 Å². The minimum atomic E-state index is 0.658. The lowest BCUT2D eigenvalue weighted by Gasteiger charge is -2.27. The van der Waals surface area contributed by atoms with Crippen molar-refractivity contribution in [3.63, 3.8) is 0 Å². The molecule has 46 heavy (non-hydrogen) atoms. The monoisotopic (exact) mass is 588 g/mol. The second-order valence-electron chi connectivity index (χ2n) is 11.6. The molecular weight excluding hydrogens is 560 g/mol. The summed E-state index contributed by atoms with van der Waals surface area (Å²) in [5, 5.41) is 6.81. The lowest BCUT2D eigenvalue weighted by molar-refractivity contribution is 0.654. The average molecular weight is 589 g/mol. The van der Waals surface area contributed by atoms with Crippen LogP contribution in [0, 0.1) is 0 Å². The molecular formula is C43H28N2O. The second kappa shape index (κ2) is 10.8. The van der Waals surface area contributed by atoms with Crippen molar-refractivity contribution < 1.29 is 4.42 Å². The fourth-order valence-electron chi connectivity index (χ4n) is 6.71. The Kier molecular flexibility index (Phi) is 6.14. The Morgan fingerprint density at radius 2 is 1.15 bits per heavy atom. The lowest BCUT2D eigenvalue weighted by atomic mass is 9.97. The molecule has 0 N–H and O–H groups in total. The van der Waals surface area contributed by atoms with Crippen molar-refractivity contribution in [3.8, 4) is 22.3 Å². The van der Waals surface area contributed by atoms with E-state index in [9.17, 15) is 0 Å². The Labute approximate surface area is 266 Å². The van der Waals surface area contributed by atoms with Gasteiger partial charge < -0.3 is 9.32 Å². The number of benzene rings is 7. The van der Waals surface area contributed by atoms with Crippen LogP contribution in [0.4, 0.5) is 17.1 Å². The number of pyridine rings is 1. The van der Waals surface area contributed by atoms with Gasteiger partial charge in [0, 0.05) is 33.7 Å². The summed E-state index contributed by atoms with van der Waals surface area (Å²) in [4.78, 5) is 6.85. The molecule has 0 atom stereocenters.